The van der Waals surface area contributed by atoms with Gasteiger partial charge in [0.05, 0.1) is 11.0 Å². The number of rotatable bonds is 4. The van der Waals surface area contributed by atoms with Gasteiger partial charge in [0, 0.05) is 5.56 Å². The second kappa shape index (κ2) is 7.20. The van der Waals surface area contributed by atoms with Crippen molar-refractivity contribution in [2.24, 2.45) is 10.3 Å². The van der Waals surface area contributed by atoms with E-state index in [1.165, 1.54) is 11.3 Å². The normalized spacial score (nSPS) is 11.1. The second-order valence-corrected chi connectivity index (χ2v) is 6.29. The molecule has 0 atom stereocenters. The van der Waals surface area contributed by atoms with E-state index in [1.807, 2.05) is 72.1 Å². The summed E-state index contributed by atoms with van der Waals surface area (Å²) in [6, 6.07) is 20.6. The molecule has 0 bridgehead atoms. The van der Waals surface area contributed by atoms with Crippen LogP contribution in [-0.4, -0.2) is 15.9 Å². The summed E-state index contributed by atoms with van der Waals surface area (Å²) in [6.45, 7) is 0. The Hall–Kier alpha value is -3.45. The average Bonchev–Trinajstić information content (AvgIpc) is 3.21. The maximum atomic E-state index is 12.6. The summed E-state index contributed by atoms with van der Waals surface area (Å²) in [5, 5.41) is 10.3. The van der Waals surface area contributed by atoms with Gasteiger partial charge in [-0.05, 0) is 29.6 Å². The highest BCUT2D eigenvalue weighted by Crippen LogP contribution is 2.23. The summed E-state index contributed by atoms with van der Waals surface area (Å²) in [6.07, 6.45) is 0. The van der Waals surface area contributed by atoms with Crippen molar-refractivity contribution in [3.05, 3.63) is 77.8 Å². The first-order valence-corrected chi connectivity index (χ1v) is 8.76. The third-order valence-corrected chi connectivity index (χ3v) is 4.39. The van der Waals surface area contributed by atoms with Crippen LogP contribution < -0.4 is 5.43 Å². The lowest BCUT2D eigenvalue weighted by atomic mass is 10.1. The Kier molecular flexibility index (Phi) is 4.44. The van der Waals surface area contributed by atoms with Gasteiger partial charge >= 0.3 is 0 Å². The Morgan fingerprint density at radius 2 is 1.62 bits per heavy atom. The van der Waals surface area contributed by atoms with Gasteiger partial charge in [0.1, 0.15) is 10.7 Å². The Labute approximate surface area is 153 Å². The van der Waals surface area contributed by atoms with Crippen LogP contribution in [-0.2, 0) is 0 Å². The van der Waals surface area contributed by atoms with Crippen molar-refractivity contribution in [3.8, 4) is 11.3 Å². The van der Waals surface area contributed by atoms with E-state index < -0.39 is 5.91 Å². The van der Waals surface area contributed by atoms with Crippen molar-refractivity contribution < 1.29 is 4.79 Å². The minimum absolute atomic E-state index is 0.208. The fourth-order valence-corrected chi connectivity index (χ4v) is 3.00. The van der Waals surface area contributed by atoms with Crippen LogP contribution in [0.3, 0.4) is 0 Å². The van der Waals surface area contributed by atoms with Crippen molar-refractivity contribution in [2.45, 2.75) is 0 Å². The number of para-hydroxylation sites is 2. The number of aromatic nitrogens is 2. The first-order valence-electron chi connectivity index (χ1n) is 7.88. The lowest BCUT2D eigenvalue weighted by molar-refractivity contribution is 0.0947. The van der Waals surface area contributed by atoms with Gasteiger partial charge in [-0.1, -0.05) is 47.7 Å². The molecular weight excluding hydrogens is 346 g/mol. The lowest BCUT2D eigenvalue weighted by Crippen LogP contribution is -2.20. The summed E-state index contributed by atoms with van der Waals surface area (Å²) < 4.78 is 0. The highest BCUT2D eigenvalue weighted by Gasteiger charge is 2.17. The monoisotopic (exact) mass is 359 g/mol. The van der Waals surface area contributed by atoms with Crippen LogP contribution in [0.15, 0.2) is 82.4 Å². The summed E-state index contributed by atoms with van der Waals surface area (Å²) in [4.78, 5) is 21.8. The molecule has 0 spiro atoms. The van der Waals surface area contributed by atoms with Crippen LogP contribution in [0.25, 0.3) is 22.3 Å². The molecular formula is C19H13N5OS. The highest BCUT2D eigenvalue weighted by atomic mass is 32.1. The molecule has 0 saturated heterocycles. The fraction of sp³-hybridized carbons (Fsp3) is 0. The highest BCUT2D eigenvalue weighted by molar-refractivity contribution is 7.13. The number of hydrogen-bond donors (Lipinski definition) is 1. The molecule has 0 unspecified atom stereocenters. The molecule has 0 aliphatic rings. The molecule has 1 amide bonds. The van der Waals surface area contributed by atoms with Crippen molar-refractivity contribution in [1.29, 1.82) is 0 Å². The number of amides is 1. The molecule has 0 fully saturated rings. The number of fused-ring (bicyclic) bond motifs is 1. The molecule has 0 radical (unpaired) electrons. The molecule has 2 aromatic heterocycles. The van der Waals surface area contributed by atoms with Crippen LogP contribution in [0.5, 0.6) is 0 Å². The van der Waals surface area contributed by atoms with Gasteiger partial charge in [0.15, 0.2) is 5.69 Å². The Balaban J connectivity index is 1.73. The zero-order chi connectivity index (χ0) is 17.8. The van der Waals surface area contributed by atoms with Gasteiger partial charge in [0.2, 0.25) is 0 Å². The smallest absolute Gasteiger partial charge is 0.265 e. The van der Waals surface area contributed by atoms with Crippen molar-refractivity contribution in [3.63, 3.8) is 0 Å². The van der Waals surface area contributed by atoms with E-state index in [2.05, 4.69) is 25.7 Å². The van der Waals surface area contributed by atoms with E-state index in [0.29, 0.717) is 16.2 Å². The van der Waals surface area contributed by atoms with Gasteiger partial charge < -0.3 is 0 Å². The van der Waals surface area contributed by atoms with Crippen LogP contribution >= 0.6 is 11.3 Å². The van der Waals surface area contributed by atoms with Crippen molar-refractivity contribution in [2.75, 3.05) is 0 Å². The van der Waals surface area contributed by atoms with Gasteiger partial charge in [-0.3, -0.25) is 4.79 Å². The molecule has 0 aliphatic carbocycles. The zero-order valence-electron chi connectivity index (χ0n) is 13.5. The van der Waals surface area contributed by atoms with Gasteiger partial charge in [-0.15, -0.1) is 16.5 Å². The molecule has 1 N–H and O–H groups in total. The number of thiophene rings is 1. The maximum absolute atomic E-state index is 12.6. The number of hydrogen-bond acceptors (Lipinski definition) is 6. The molecule has 2 heterocycles. The quantitative estimate of drug-likeness (QED) is 0.420. The van der Waals surface area contributed by atoms with Crippen molar-refractivity contribution in [1.82, 2.24) is 15.4 Å². The van der Waals surface area contributed by atoms with E-state index in [0.717, 1.165) is 11.1 Å². The van der Waals surface area contributed by atoms with Crippen LogP contribution in [0.1, 0.15) is 10.5 Å². The van der Waals surface area contributed by atoms with Crippen molar-refractivity contribution >= 4 is 33.3 Å². The molecule has 6 nitrogen and oxygen atoms in total. The minimum Gasteiger partial charge on any atom is -0.265 e. The molecule has 0 saturated carbocycles. The number of carbonyl (C=O) groups is 1. The SMILES string of the molecule is O=C(N/N=N/c1cccs1)c1nc2ccccc2nc1-c1ccccc1. The van der Waals surface area contributed by atoms with Gasteiger partial charge in [-0.25, -0.2) is 15.4 Å². The molecule has 126 valence electrons. The van der Waals surface area contributed by atoms with E-state index in [-0.39, 0.29) is 5.69 Å². The third kappa shape index (κ3) is 3.33. The van der Waals surface area contributed by atoms with Crippen LogP contribution in [0, 0.1) is 0 Å². The zero-order valence-corrected chi connectivity index (χ0v) is 14.4. The second-order valence-electron chi connectivity index (χ2n) is 5.37. The first kappa shape index (κ1) is 16.0. The Morgan fingerprint density at radius 1 is 0.885 bits per heavy atom. The van der Waals surface area contributed by atoms with E-state index >= 15 is 0 Å². The Morgan fingerprint density at radius 3 is 2.35 bits per heavy atom. The van der Waals surface area contributed by atoms with Gasteiger partial charge in [0.25, 0.3) is 5.91 Å². The predicted molar refractivity (Wildman–Crippen MR) is 101 cm³/mol. The molecule has 4 aromatic rings. The fourth-order valence-electron chi connectivity index (χ4n) is 2.46. The number of nitrogens with zero attached hydrogens (tertiary/aromatic N) is 4. The molecule has 4 rings (SSSR count). The van der Waals surface area contributed by atoms with E-state index in [1.54, 1.807) is 0 Å². The first-order chi connectivity index (χ1) is 12.8. The van der Waals surface area contributed by atoms with Crippen LogP contribution in [0.2, 0.25) is 0 Å². The summed E-state index contributed by atoms with van der Waals surface area (Å²) in [5.74, 6) is -0.456. The largest absolute Gasteiger partial charge is 0.293 e. The molecule has 0 aliphatic heterocycles. The third-order valence-electron chi connectivity index (χ3n) is 3.64. The summed E-state index contributed by atoms with van der Waals surface area (Å²) in [7, 11) is 0. The number of carbonyl (C=O) groups excluding carboxylic acids is 1. The lowest BCUT2D eigenvalue weighted by Gasteiger charge is -2.08. The Bertz CT molecular complexity index is 1080. The predicted octanol–water partition coefficient (Wildman–Crippen LogP) is 4.79. The average molecular weight is 359 g/mol. The summed E-state index contributed by atoms with van der Waals surface area (Å²) in [5.41, 5.74) is 5.33. The minimum atomic E-state index is -0.456. The maximum Gasteiger partial charge on any atom is 0.293 e. The molecule has 2 aromatic carbocycles. The van der Waals surface area contributed by atoms with Gasteiger partial charge in [-0.2, -0.15) is 0 Å². The topological polar surface area (TPSA) is 79.6 Å². The van der Waals surface area contributed by atoms with E-state index in [4.69, 9.17) is 0 Å². The number of nitrogens with one attached hydrogen (secondary N) is 1. The summed E-state index contributed by atoms with van der Waals surface area (Å²) >= 11 is 1.43. The van der Waals surface area contributed by atoms with E-state index in [9.17, 15) is 4.79 Å². The molecule has 26 heavy (non-hydrogen) atoms. The van der Waals surface area contributed by atoms with Crippen LogP contribution in [0.4, 0.5) is 5.00 Å². The molecule has 7 heteroatoms. The number of benzene rings is 2. The standard InChI is InChI=1S/C19H13N5OS/c25-19(23-24-22-16-11-6-12-26-16)18-17(13-7-2-1-3-8-13)20-14-9-4-5-10-15(14)21-18/h1-12H,(H,22,23,25).